The van der Waals surface area contributed by atoms with Crippen LogP contribution < -0.4 is 5.32 Å². The van der Waals surface area contributed by atoms with Crippen molar-refractivity contribution in [2.24, 2.45) is 5.92 Å². The lowest BCUT2D eigenvalue weighted by Gasteiger charge is -2.21. The molecule has 0 bridgehead atoms. The minimum atomic E-state index is 0.461. The molecule has 0 heterocycles. The minimum absolute atomic E-state index is 0.461. The van der Waals surface area contributed by atoms with Crippen molar-refractivity contribution >= 4 is 0 Å². The Labute approximate surface area is 105 Å². The Bertz CT molecular complexity index is 408. The lowest BCUT2D eigenvalue weighted by atomic mass is 9.89. The second kappa shape index (κ2) is 4.13. The summed E-state index contributed by atoms with van der Waals surface area (Å²) >= 11 is 0. The molecule has 0 amide bonds. The van der Waals surface area contributed by atoms with Gasteiger partial charge in [-0.2, -0.15) is 0 Å². The van der Waals surface area contributed by atoms with E-state index in [1.165, 1.54) is 37.8 Å². The molecule has 0 aromatic heterocycles. The van der Waals surface area contributed by atoms with E-state index in [1.54, 1.807) is 5.56 Å². The molecule has 0 radical (unpaired) electrons. The molecule has 0 spiro atoms. The lowest BCUT2D eigenvalue weighted by molar-refractivity contribution is 0.520. The molecule has 1 nitrogen and oxygen atoms in total. The van der Waals surface area contributed by atoms with Gasteiger partial charge in [-0.05, 0) is 43.2 Å². The average molecular weight is 229 g/mol. The van der Waals surface area contributed by atoms with Gasteiger partial charge in [-0.15, -0.1) is 0 Å². The van der Waals surface area contributed by atoms with Gasteiger partial charge in [-0.1, -0.05) is 37.6 Å². The lowest BCUT2D eigenvalue weighted by Crippen LogP contribution is -2.30. The number of rotatable bonds is 5. The Morgan fingerprint density at radius 3 is 2.65 bits per heavy atom. The molecule has 0 saturated heterocycles. The molecular formula is C16H23N. The Hall–Kier alpha value is -0.820. The molecule has 1 heteroatoms. The van der Waals surface area contributed by atoms with E-state index in [1.807, 2.05) is 0 Å². The molecule has 17 heavy (non-hydrogen) atoms. The fraction of sp³-hybridized carbons (Fsp3) is 0.625. The average Bonchev–Trinajstić information content (AvgIpc) is 3.23. The molecule has 1 aromatic rings. The summed E-state index contributed by atoms with van der Waals surface area (Å²) in [5.41, 5.74) is 3.53. The Morgan fingerprint density at radius 2 is 2.06 bits per heavy atom. The molecule has 0 aliphatic heterocycles. The van der Waals surface area contributed by atoms with Gasteiger partial charge in [0.1, 0.15) is 0 Å². The van der Waals surface area contributed by atoms with E-state index < -0.39 is 0 Å². The van der Waals surface area contributed by atoms with Gasteiger partial charge in [0.2, 0.25) is 0 Å². The highest BCUT2D eigenvalue weighted by Gasteiger charge is 2.54. The van der Waals surface area contributed by atoms with Crippen molar-refractivity contribution in [1.29, 1.82) is 0 Å². The maximum Gasteiger partial charge on any atom is 0.0112 e. The quantitative estimate of drug-likeness (QED) is 0.816. The number of aryl methyl sites for hydroxylation is 1. The fourth-order valence-corrected chi connectivity index (χ4v) is 3.30. The third kappa shape index (κ3) is 2.01. The van der Waals surface area contributed by atoms with Crippen LogP contribution in [0.3, 0.4) is 0 Å². The van der Waals surface area contributed by atoms with Crippen LogP contribution >= 0.6 is 0 Å². The Morgan fingerprint density at radius 1 is 1.29 bits per heavy atom. The largest absolute Gasteiger partial charge is 0.313 e. The van der Waals surface area contributed by atoms with Crippen molar-refractivity contribution < 1.29 is 0 Å². The summed E-state index contributed by atoms with van der Waals surface area (Å²) < 4.78 is 0. The zero-order valence-corrected chi connectivity index (χ0v) is 11.0. The predicted molar refractivity (Wildman–Crippen MR) is 72.3 cm³/mol. The topological polar surface area (TPSA) is 12.0 Å². The first-order valence-corrected chi connectivity index (χ1v) is 7.06. The van der Waals surface area contributed by atoms with E-state index in [0.29, 0.717) is 5.41 Å². The van der Waals surface area contributed by atoms with Crippen molar-refractivity contribution in [1.82, 2.24) is 5.32 Å². The van der Waals surface area contributed by atoms with Crippen molar-refractivity contribution in [3.05, 3.63) is 35.4 Å². The first kappa shape index (κ1) is 11.3. The summed E-state index contributed by atoms with van der Waals surface area (Å²) in [6.07, 6.45) is 5.48. The Balaban J connectivity index is 1.82. The van der Waals surface area contributed by atoms with Gasteiger partial charge in [0.25, 0.3) is 0 Å². The number of benzene rings is 1. The van der Waals surface area contributed by atoms with E-state index in [9.17, 15) is 0 Å². The molecule has 2 saturated carbocycles. The number of hydrogen-bond acceptors (Lipinski definition) is 1. The monoisotopic (exact) mass is 229 g/mol. The standard InChI is InChI=1S/C16H23N/c1-3-13-10-16(13,11-17-14-8-9-14)15-7-5-4-6-12(15)2/h4-7,13-14,17H,3,8-11H2,1-2H3. The van der Waals surface area contributed by atoms with E-state index in [0.717, 1.165) is 12.0 Å². The highest BCUT2D eigenvalue weighted by Crippen LogP contribution is 2.56. The zero-order chi connectivity index (χ0) is 11.9. The van der Waals surface area contributed by atoms with Crippen LogP contribution in [0.5, 0.6) is 0 Å². The molecule has 1 aromatic carbocycles. The molecular weight excluding hydrogens is 206 g/mol. The first-order chi connectivity index (χ1) is 8.26. The highest BCUT2D eigenvalue weighted by molar-refractivity contribution is 5.40. The Kier molecular flexibility index (Phi) is 2.74. The molecule has 2 fully saturated rings. The van der Waals surface area contributed by atoms with Crippen LogP contribution in [-0.2, 0) is 5.41 Å². The molecule has 1 N–H and O–H groups in total. The van der Waals surface area contributed by atoms with E-state index in [2.05, 4.69) is 43.4 Å². The van der Waals surface area contributed by atoms with Crippen molar-refractivity contribution in [2.45, 2.75) is 51.0 Å². The summed E-state index contributed by atoms with van der Waals surface area (Å²) in [5.74, 6) is 0.898. The molecule has 2 atom stereocenters. The normalized spacial score (nSPS) is 31.5. The highest BCUT2D eigenvalue weighted by atomic mass is 15.0. The van der Waals surface area contributed by atoms with Gasteiger partial charge < -0.3 is 5.32 Å². The smallest absolute Gasteiger partial charge is 0.0112 e. The van der Waals surface area contributed by atoms with E-state index >= 15 is 0 Å². The van der Waals surface area contributed by atoms with Crippen molar-refractivity contribution in [3.63, 3.8) is 0 Å². The van der Waals surface area contributed by atoms with Crippen LogP contribution in [0.15, 0.2) is 24.3 Å². The van der Waals surface area contributed by atoms with Gasteiger partial charge in [0, 0.05) is 18.0 Å². The van der Waals surface area contributed by atoms with Gasteiger partial charge in [0.15, 0.2) is 0 Å². The van der Waals surface area contributed by atoms with E-state index in [4.69, 9.17) is 0 Å². The number of hydrogen-bond donors (Lipinski definition) is 1. The van der Waals surface area contributed by atoms with Gasteiger partial charge in [0.05, 0.1) is 0 Å². The van der Waals surface area contributed by atoms with Crippen LogP contribution in [-0.4, -0.2) is 12.6 Å². The summed E-state index contributed by atoms with van der Waals surface area (Å²) in [6, 6.07) is 9.80. The predicted octanol–water partition coefficient (Wildman–Crippen LogP) is 3.41. The van der Waals surface area contributed by atoms with Gasteiger partial charge in [-0.3, -0.25) is 0 Å². The number of nitrogens with one attached hydrogen (secondary N) is 1. The summed E-state index contributed by atoms with van der Waals surface area (Å²) in [5, 5.41) is 3.75. The third-order valence-corrected chi connectivity index (χ3v) is 4.69. The molecule has 2 aliphatic rings. The first-order valence-electron chi connectivity index (χ1n) is 7.06. The zero-order valence-electron chi connectivity index (χ0n) is 11.0. The van der Waals surface area contributed by atoms with E-state index in [-0.39, 0.29) is 0 Å². The molecule has 92 valence electrons. The molecule has 2 aliphatic carbocycles. The molecule has 3 rings (SSSR count). The fourth-order valence-electron chi connectivity index (χ4n) is 3.30. The van der Waals surface area contributed by atoms with Crippen LogP contribution in [0.2, 0.25) is 0 Å². The SMILES string of the molecule is CCC1CC1(CNC1CC1)c1ccccc1C. The summed E-state index contributed by atoms with van der Waals surface area (Å²) in [4.78, 5) is 0. The van der Waals surface area contributed by atoms with Crippen LogP contribution in [0.4, 0.5) is 0 Å². The third-order valence-electron chi connectivity index (χ3n) is 4.69. The van der Waals surface area contributed by atoms with Gasteiger partial charge in [-0.25, -0.2) is 0 Å². The van der Waals surface area contributed by atoms with Crippen LogP contribution in [0.1, 0.15) is 43.7 Å². The second-order valence-corrected chi connectivity index (χ2v) is 5.94. The summed E-state index contributed by atoms with van der Waals surface area (Å²) in [6.45, 7) is 5.79. The van der Waals surface area contributed by atoms with Crippen molar-refractivity contribution in [2.75, 3.05) is 6.54 Å². The van der Waals surface area contributed by atoms with Crippen LogP contribution in [0, 0.1) is 12.8 Å². The maximum absolute atomic E-state index is 3.75. The molecule has 2 unspecified atom stereocenters. The van der Waals surface area contributed by atoms with Gasteiger partial charge >= 0.3 is 0 Å². The summed E-state index contributed by atoms with van der Waals surface area (Å²) in [7, 11) is 0. The minimum Gasteiger partial charge on any atom is -0.313 e. The van der Waals surface area contributed by atoms with Crippen LogP contribution in [0.25, 0.3) is 0 Å². The van der Waals surface area contributed by atoms with Crippen molar-refractivity contribution in [3.8, 4) is 0 Å². The maximum atomic E-state index is 3.75. The second-order valence-electron chi connectivity index (χ2n) is 5.94.